The molecular weight excluding hydrogens is 640 g/mol. The SMILES string of the molecule is C#CCCCC1OC(=O)C(C(C)CC)N(C)C(=O)C2CCCN2C(=O)C(C(C)C)OC(=O)C(C(C)CC)N(C)C(=O)C(C(C)C)NC(=O)C1C. The van der Waals surface area contributed by atoms with Crippen LogP contribution < -0.4 is 5.32 Å². The van der Waals surface area contributed by atoms with Gasteiger partial charge in [-0.1, -0.05) is 75.2 Å². The molecule has 0 aliphatic carbocycles. The summed E-state index contributed by atoms with van der Waals surface area (Å²) < 4.78 is 12.1. The van der Waals surface area contributed by atoms with Gasteiger partial charge in [0.1, 0.15) is 30.3 Å². The van der Waals surface area contributed by atoms with E-state index < -0.39 is 83.8 Å². The average Bonchev–Trinajstić information content (AvgIpc) is 3.57. The van der Waals surface area contributed by atoms with Gasteiger partial charge in [0, 0.05) is 27.1 Å². The van der Waals surface area contributed by atoms with Crippen LogP contribution in [0.3, 0.4) is 0 Å². The first kappa shape index (κ1) is 42.5. The highest BCUT2D eigenvalue weighted by molar-refractivity contribution is 5.95. The van der Waals surface area contributed by atoms with Crippen LogP contribution in [0.25, 0.3) is 0 Å². The number of rotatable bonds is 9. The lowest BCUT2D eigenvalue weighted by molar-refractivity contribution is -0.172. The van der Waals surface area contributed by atoms with E-state index in [0.29, 0.717) is 44.9 Å². The van der Waals surface area contributed by atoms with Crippen LogP contribution in [0.15, 0.2) is 0 Å². The molecule has 0 spiro atoms. The van der Waals surface area contributed by atoms with Gasteiger partial charge in [-0.15, -0.1) is 12.3 Å². The van der Waals surface area contributed by atoms with Crippen molar-refractivity contribution < 1.29 is 38.2 Å². The lowest BCUT2D eigenvalue weighted by Crippen LogP contribution is -2.58. The van der Waals surface area contributed by atoms with E-state index in [0.717, 1.165) is 0 Å². The zero-order valence-corrected chi connectivity index (χ0v) is 32.2. The third kappa shape index (κ3) is 10.0. The standard InChI is InChI=1S/C38H62N4O8/c1-13-16-17-20-28-26(10)33(43)39-29(22(4)5)35(45)41(12)31(25(9)15-3)38(48)50-32(23(6)7)36(46)42-21-18-19-27(42)34(44)40(11)30(24(8)14-2)37(47)49-28/h1,22-32H,14-21H2,2-12H3,(H,39,43). The highest BCUT2D eigenvalue weighted by Crippen LogP contribution is 2.28. The molecule has 282 valence electrons. The van der Waals surface area contributed by atoms with E-state index in [2.05, 4.69) is 11.2 Å². The summed E-state index contributed by atoms with van der Waals surface area (Å²) in [4.78, 5) is 88.5. The van der Waals surface area contributed by atoms with E-state index in [-0.39, 0.29) is 24.3 Å². The van der Waals surface area contributed by atoms with Crippen molar-refractivity contribution in [1.29, 1.82) is 0 Å². The number of ether oxygens (including phenoxy) is 2. The predicted molar refractivity (Wildman–Crippen MR) is 190 cm³/mol. The number of carbonyl (C=O) groups excluding carboxylic acids is 6. The fourth-order valence-corrected chi connectivity index (χ4v) is 6.84. The Hall–Kier alpha value is -3.62. The third-order valence-electron chi connectivity index (χ3n) is 10.6. The first-order valence-electron chi connectivity index (χ1n) is 18.4. The van der Waals surface area contributed by atoms with Gasteiger partial charge in [-0.3, -0.25) is 19.2 Å². The third-order valence-corrected chi connectivity index (χ3v) is 10.6. The van der Waals surface area contributed by atoms with Crippen LogP contribution in [0, 0.1) is 41.9 Å². The molecule has 2 aliphatic heterocycles. The topological polar surface area (TPSA) is 143 Å². The molecule has 2 saturated heterocycles. The van der Waals surface area contributed by atoms with E-state index in [9.17, 15) is 28.8 Å². The number of fused-ring (bicyclic) bond motifs is 1. The minimum atomic E-state index is -1.21. The number of likely N-dealkylation sites (N-methyl/N-ethyl adjacent to an activating group) is 2. The number of hydrogen-bond acceptors (Lipinski definition) is 8. The number of nitrogens with zero attached hydrogens (tertiary/aromatic N) is 3. The van der Waals surface area contributed by atoms with Crippen molar-refractivity contribution in [3.63, 3.8) is 0 Å². The number of carbonyl (C=O) groups is 6. The summed E-state index contributed by atoms with van der Waals surface area (Å²) in [6, 6.07) is -3.92. The predicted octanol–water partition coefficient (Wildman–Crippen LogP) is 3.80. The zero-order chi connectivity index (χ0) is 38.0. The van der Waals surface area contributed by atoms with E-state index in [4.69, 9.17) is 15.9 Å². The second-order valence-corrected chi connectivity index (χ2v) is 14.9. The Balaban J connectivity index is 2.76. The number of unbranched alkanes of at least 4 members (excludes halogenated alkanes) is 1. The van der Waals surface area contributed by atoms with Crippen molar-refractivity contribution in [2.75, 3.05) is 20.6 Å². The molecule has 50 heavy (non-hydrogen) atoms. The molecule has 12 nitrogen and oxygen atoms in total. The van der Waals surface area contributed by atoms with Crippen molar-refractivity contribution in [2.45, 2.75) is 144 Å². The Morgan fingerprint density at radius 3 is 1.86 bits per heavy atom. The van der Waals surface area contributed by atoms with Crippen LogP contribution in [0.2, 0.25) is 0 Å². The molecule has 2 heterocycles. The molecule has 2 aliphatic rings. The summed E-state index contributed by atoms with van der Waals surface area (Å²) in [7, 11) is 3.04. The molecule has 2 fully saturated rings. The molecule has 0 bridgehead atoms. The molecule has 9 atom stereocenters. The number of amides is 4. The molecule has 0 aromatic heterocycles. The summed E-state index contributed by atoms with van der Waals surface area (Å²) in [6.07, 6.45) is 6.60. The van der Waals surface area contributed by atoms with Gasteiger partial charge in [-0.25, -0.2) is 9.59 Å². The number of esters is 2. The van der Waals surface area contributed by atoms with Gasteiger partial charge in [-0.2, -0.15) is 0 Å². The smallest absolute Gasteiger partial charge is 0.329 e. The molecule has 12 heteroatoms. The summed E-state index contributed by atoms with van der Waals surface area (Å²) in [5.74, 6) is -3.04. The van der Waals surface area contributed by atoms with E-state index in [1.54, 1.807) is 41.7 Å². The van der Waals surface area contributed by atoms with Gasteiger partial charge < -0.3 is 29.5 Å². The quantitative estimate of drug-likeness (QED) is 0.217. The largest absolute Gasteiger partial charge is 0.460 e. The average molecular weight is 703 g/mol. The Morgan fingerprint density at radius 1 is 0.820 bits per heavy atom. The monoisotopic (exact) mass is 702 g/mol. The lowest BCUT2D eigenvalue weighted by Gasteiger charge is -2.37. The van der Waals surface area contributed by atoms with Crippen LogP contribution in [0.1, 0.15) is 107 Å². The number of cyclic esters (lactones) is 2. The summed E-state index contributed by atoms with van der Waals surface area (Å²) in [6.45, 7) is 16.5. The van der Waals surface area contributed by atoms with Gasteiger partial charge in [0.15, 0.2) is 6.10 Å². The molecule has 0 aromatic rings. The molecule has 2 rings (SSSR count). The summed E-state index contributed by atoms with van der Waals surface area (Å²) in [5, 5.41) is 2.87. The lowest BCUT2D eigenvalue weighted by atomic mass is 9.93. The van der Waals surface area contributed by atoms with Gasteiger partial charge in [0.25, 0.3) is 5.91 Å². The minimum Gasteiger partial charge on any atom is -0.460 e. The molecular formula is C38H62N4O8. The Bertz CT molecular complexity index is 1260. The van der Waals surface area contributed by atoms with Gasteiger partial charge >= 0.3 is 11.9 Å². The maximum atomic E-state index is 14.2. The molecule has 0 saturated carbocycles. The first-order chi connectivity index (χ1) is 23.4. The minimum absolute atomic E-state index is 0.286. The van der Waals surface area contributed by atoms with Gasteiger partial charge in [0.05, 0.1) is 5.92 Å². The first-order valence-corrected chi connectivity index (χ1v) is 18.4. The maximum Gasteiger partial charge on any atom is 0.329 e. The van der Waals surface area contributed by atoms with Gasteiger partial charge in [0.2, 0.25) is 17.7 Å². The second-order valence-electron chi connectivity index (χ2n) is 14.9. The molecule has 1 N–H and O–H groups in total. The van der Waals surface area contributed by atoms with Crippen molar-refractivity contribution in [3.05, 3.63) is 0 Å². The number of nitrogens with one attached hydrogen (secondary N) is 1. The molecule has 0 radical (unpaired) electrons. The van der Waals surface area contributed by atoms with Crippen molar-refractivity contribution in [3.8, 4) is 12.3 Å². The number of terminal acetylenes is 1. The summed E-state index contributed by atoms with van der Waals surface area (Å²) >= 11 is 0. The Kier molecular flexibility index (Phi) is 16.3. The molecule has 0 aromatic carbocycles. The fraction of sp³-hybridized carbons (Fsp3) is 0.789. The maximum absolute atomic E-state index is 14.2. The van der Waals surface area contributed by atoms with Crippen molar-refractivity contribution in [2.24, 2.45) is 29.6 Å². The highest BCUT2D eigenvalue weighted by Gasteiger charge is 2.46. The van der Waals surface area contributed by atoms with Crippen molar-refractivity contribution >= 4 is 35.6 Å². The van der Waals surface area contributed by atoms with Crippen LogP contribution in [-0.4, -0.2) is 107 Å². The van der Waals surface area contributed by atoms with E-state index in [1.807, 2.05) is 27.7 Å². The molecule has 9 unspecified atom stereocenters. The second kappa shape index (κ2) is 19.1. The van der Waals surface area contributed by atoms with Crippen LogP contribution >= 0.6 is 0 Å². The number of hydrogen-bond donors (Lipinski definition) is 1. The van der Waals surface area contributed by atoms with Crippen LogP contribution in [-0.2, 0) is 38.2 Å². The van der Waals surface area contributed by atoms with Crippen LogP contribution in [0.4, 0.5) is 0 Å². The highest BCUT2D eigenvalue weighted by atomic mass is 16.6. The van der Waals surface area contributed by atoms with E-state index >= 15 is 0 Å². The molecule has 4 amide bonds. The van der Waals surface area contributed by atoms with E-state index in [1.165, 1.54) is 21.7 Å². The van der Waals surface area contributed by atoms with Crippen molar-refractivity contribution in [1.82, 2.24) is 20.0 Å². The van der Waals surface area contributed by atoms with Gasteiger partial charge in [-0.05, 0) is 49.4 Å². The van der Waals surface area contributed by atoms with Crippen LogP contribution in [0.5, 0.6) is 0 Å². The summed E-state index contributed by atoms with van der Waals surface area (Å²) in [5.41, 5.74) is 0. The Labute approximate surface area is 299 Å². The fourth-order valence-electron chi connectivity index (χ4n) is 6.84. The normalized spacial score (nSPS) is 29.4. The zero-order valence-electron chi connectivity index (χ0n) is 32.2. The Morgan fingerprint density at radius 2 is 1.36 bits per heavy atom.